The quantitative estimate of drug-likeness (QED) is 0.690. The molecule has 0 aromatic heterocycles. The van der Waals surface area contributed by atoms with Crippen molar-refractivity contribution < 1.29 is 4.74 Å². The number of hydrogen-bond acceptors (Lipinski definition) is 2. The Morgan fingerprint density at radius 3 is 2.73 bits per heavy atom. The van der Waals surface area contributed by atoms with Crippen LogP contribution in [0.5, 0.6) is 0 Å². The highest BCUT2D eigenvalue weighted by atomic mass is 16.5. The maximum atomic E-state index is 5.96. The Hall–Kier alpha value is -1.02. The molecule has 4 saturated heterocycles. The third kappa shape index (κ3) is 1.03. The fraction of sp³-hybridized carbons (Fsp3) is 0.538. The first kappa shape index (κ1) is 8.17. The van der Waals surface area contributed by atoms with Crippen molar-refractivity contribution in [2.75, 3.05) is 4.90 Å². The van der Waals surface area contributed by atoms with Gasteiger partial charge in [-0.05, 0) is 31.4 Å². The van der Waals surface area contributed by atoms with Crippen LogP contribution in [0.4, 0.5) is 5.69 Å². The first-order valence-electron chi connectivity index (χ1n) is 5.90. The molecule has 78 valence electrons. The number of anilines is 1. The van der Waals surface area contributed by atoms with Crippen molar-refractivity contribution in [1.29, 1.82) is 0 Å². The van der Waals surface area contributed by atoms with E-state index in [0.29, 0.717) is 18.2 Å². The summed E-state index contributed by atoms with van der Waals surface area (Å²) in [6.07, 6.45) is 4.82. The lowest BCUT2D eigenvalue weighted by molar-refractivity contribution is 0.0123. The van der Waals surface area contributed by atoms with Crippen LogP contribution in [-0.4, -0.2) is 24.3 Å². The van der Waals surface area contributed by atoms with Gasteiger partial charge < -0.3 is 9.64 Å². The molecule has 4 atom stereocenters. The van der Waals surface area contributed by atoms with E-state index in [1.54, 1.807) is 0 Å². The summed E-state index contributed by atoms with van der Waals surface area (Å²) >= 11 is 0. The Bertz CT molecular complexity index is 373. The summed E-state index contributed by atoms with van der Waals surface area (Å²) in [5, 5.41) is 0. The molecule has 0 radical (unpaired) electrons. The van der Waals surface area contributed by atoms with E-state index in [1.165, 1.54) is 24.9 Å². The summed E-state index contributed by atoms with van der Waals surface area (Å²) in [5.41, 5.74) is 1.39. The highest BCUT2D eigenvalue weighted by molar-refractivity contribution is 5.51. The van der Waals surface area contributed by atoms with Crippen molar-refractivity contribution in [3.05, 3.63) is 30.3 Å². The fourth-order valence-electron chi connectivity index (χ4n) is 3.64. The van der Waals surface area contributed by atoms with E-state index in [1.807, 2.05) is 0 Å². The molecule has 15 heavy (non-hydrogen) atoms. The third-order valence-corrected chi connectivity index (χ3v) is 4.15. The molecule has 2 nitrogen and oxygen atoms in total. The van der Waals surface area contributed by atoms with Crippen LogP contribution in [0.3, 0.4) is 0 Å². The van der Waals surface area contributed by atoms with Crippen LogP contribution in [0.25, 0.3) is 0 Å². The minimum absolute atomic E-state index is 0.522. The molecule has 4 aliphatic rings. The zero-order valence-electron chi connectivity index (χ0n) is 8.67. The second kappa shape index (κ2) is 2.76. The van der Waals surface area contributed by atoms with Gasteiger partial charge in [0.15, 0.2) is 0 Å². The van der Waals surface area contributed by atoms with Gasteiger partial charge >= 0.3 is 0 Å². The molecule has 4 bridgehead atoms. The molecule has 1 aromatic rings. The summed E-state index contributed by atoms with van der Waals surface area (Å²) in [4.78, 5) is 2.61. The number of ether oxygens (including phenoxy) is 1. The minimum Gasteiger partial charge on any atom is -0.373 e. The van der Waals surface area contributed by atoms with E-state index in [9.17, 15) is 0 Å². The normalized spacial score (nSPS) is 41.5. The molecule has 0 N–H and O–H groups in total. The van der Waals surface area contributed by atoms with E-state index in [4.69, 9.17) is 4.74 Å². The van der Waals surface area contributed by atoms with Crippen LogP contribution >= 0.6 is 0 Å². The molecule has 4 heterocycles. The molecule has 0 amide bonds. The molecule has 4 aliphatic heterocycles. The molecular weight excluding hydrogens is 186 g/mol. The van der Waals surface area contributed by atoms with Gasteiger partial charge in [-0.15, -0.1) is 0 Å². The number of para-hydroxylation sites is 1. The maximum Gasteiger partial charge on any atom is 0.0802 e. The van der Waals surface area contributed by atoms with Crippen LogP contribution < -0.4 is 4.90 Å². The third-order valence-electron chi connectivity index (χ3n) is 4.15. The lowest BCUT2D eigenvalue weighted by Gasteiger charge is -2.36. The average molecular weight is 201 g/mol. The van der Waals surface area contributed by atoms with Gasteiger partial charge in [0, 0.05) is 11.7 Å². The monoisotopic (exact) mass is 201 g/mol. The van der Waals surface area contributed by atoms with Crippen LogP contribution in [0.2, 0.25) is 0 Å². The first-order valence-corrected chi connectivity index (χ1v) is 5.90. The van der Waals surface area contributed by atoms with Crippen molar-refractivity contribution in [2.45, 2.75) is 43.6 Å². The Morgan fingerprint density at radius 1 is 1.07 bits per heavy atom. The standard InChI is InChI=1S/C13H15NO/c1-2-4-9(5-3-1)14-10-6-11-8-12(14)13(7-10)15-11/h1-5,10-13H,6-8H2/t10-,11-,12?,13?/m1/s1. The second-order valence-electron chi connectivity index (χ2n) is 4.97. The number of nitrogens with zero attached hydrogens (tertiary/aromatic N) is 1. The number of rotatable bonds is 1. The van der Waals surface area contributed by atoms with Crippen molar-refractivity contribution >= 4 is 5.69 Å². The van der Waals surface area contributed by atoms with Crippen LogP contribution in [0.1, 0.15) is 19.3 Å². The maximum absolute atomic E-state index is 5.96. The summed E-state index contributed by atoms with van der Waals surface area (Å²) < 4.78 is 5.96. The van der Waals surface area contributed by atoms with E-state index in [0.717, 1.165) is 6.04 Å². The number of piperidine rings is 1. The van der Waals surface area contributed by atoms with Gasteiger partial charge in [-0.3, -0.25) is 0 Å². The van der Waals surface area contributed by atoms with Gasteiger partial charge in [0.05, 0.1) is 18.2 Å². The summed E-state index contributed by atoms with van der Waals surface area (Å²) in [7, 11) is 0. The second-order valence-corrected chi connectivity index (χ2v) is 4.97. The summed E-state index contributed by atoms with van der Waals surface area (Å²) in [6.45, 7) is 0. The van der Waals surface area contributed by atoms with E-state index in [-0.39, 0.29) is 0 Å². The summed E-state index contributed by atoms with van der Waals surface area (Å²) in [5.74, 6) is 0. The Labute approximate surface area is 89.8 Å². The smallest absolute Gasteiger partial charge is 0.0802 e. The largest absolute Gasteiger partial charge is 0.373 e. The van der Waals surface area contributed by atoms with Crippen molar-refractivity contribution in [1.82, 2.24) is 0 Å². The minimum atomic E-state index is 0.522. The highest BCUT2D eigenvalue weighted by Crippen LogP contribution is 2.47. The van der Waals surface area contributed by atoms with Gasteiger partial charge in [-0.1, -0.05) is 18.2 Å². The molecule has 5 rings (SSSR count). The van der Waals surface area contributed by atoms with Gasteiger partial charge in [0.25, 0.3) is 0 Å². The summed E-state index contributed by atoms with van der Waals surface area (Å²) in [6, 6.07) is 12.2. The molecule has 0 aliphatic carbocycles. The van der Waals surface area contributed by atoms with E-state index in [2.05, 4.69) is 35.2 Å². The molecule has 2 unspecified atom stereocenters. The van der Waals surface area contributed by atoms with Gasteiger partial charge in [-0.25, -0.2) is 0 Å². The fourth-order valence-corrected chi connectivity index (χ4v) is 3.64. The number of hydrogen-bond donors (Lipinski definition) is 0. The SMILES string of the molecule is c1ccc(N2C3C[C@H]4C[C@@H]2CC3O4)cc1. The highest BCUT2D eigenvalue weighted by Gasteiger charge is 2.53. The topological polar surface area (TPSA) is 12.5 Å². The van der Waals surface area contributed by atoms with Gasteiger partial charge in [-0.2, -0.15) is 0 Å². The van der Waals surface area contributed by atoms with Crippen LogP contribution in [0.15, 0.2) is 30.3 Å². The van der Waals surface area contributed by atoms with Crippen molar-refractivity contribution in [2.24, 2.45) is 0 Å². The van der Waals surface area contributed by atoms with E-state index < -0.39 is 0 Å². The number of benzene rings is 1. The van der Waals surface area contributed by atoms with Crippen LogP contribution in [-0.2, 0) is 4.74 Å². The molecule has 1 aromatic carbocycles. The predicted molar refractivity (Wildman–Crippen MR) is 59.0 cm³/mol. The Balaban J connectivity index is 1.74. The van der Waals surface area contributed by atoms with Crippen LogP contribution in [0, 0.1) is 0 Å². The van der Waals surface area contributed by atoms with Gasteiger partial charge in [0.1, 0.15) is 0 Å². The van der Waals surface area contributed by atoms with E-state index >= 15 is 0 Å². The lowest BCUT2D eigenvalue weighted by atomic mass is 10.00. The average Bonchev–Trinajstić information content (AvgIpc) is 2.68. The molecular formula is C13H15NO. The van der Waals surface area contributed by atoms with Crippen molar-refractivity contribution in [3.63, 3.8) is 0 Å². The molecule has 4 fully saturated rings. The molecule has 2 heteroatoms. The van der Waals surface area contributed by atoms with Crippen molar-refractivity contribution in [3.8, 4) is 0 Å². The molecule has 0 spiro atoms. The lowest BCUT2D eigenvalue weighted by Crippen LogP contribution is -2.42. The Kier molecular flexibility index (Phi) is 1.50. The predicted octanol–water partition coefficient (Wildman–Crippen LogP) is 2.20. The van der Waals surface area contributed by atoms with Gasteiger partial charge in [0.2, 0.25) is 0 Å². The zero-order chi connectivity index (χ0) is 9.83. The first-order chi connectivity index (χ1) is 7.42. The zero-order valence-corrected chi connectivity index (χ0v) is 8.67. The molecule has 0 saturated carbocycles. The Morgan fingerprint density at radius 2 is 1.93 bits per heavy atom.